The van der Waals surface area contributed by atoms with Gasteiger partial charge in [0.2, 0.25) is 5.91 Å². The second-order valence-corrected chi connectivity index (χ2v) is 5.95. The number of carbonyl (C=O) groups is 2. The van der Waals surface area contributed by atoms with Crippen LogP contribution in [0.2, 0.25) is 0 Å². The van der Waals surface area contributed by atoms with Crippen LogP contribution >= 0.6 is 0 Å². The Hall–Kier alpha value is -2.82. The average molecular weight is 311 g/mol. The van der Waals surface area contributed by atoms with Gasteiger partial charge in [-0.1, -0.05) is 38.1 Å². The molecule has 0 aromatic heterocycles. The van der Waals surface area contributed by atoms with Gasteiger partial charge in [-0.05, 0) is 35.4 Å². The molecule has 2 aromatic rings. The molecule has 0 saturated carbocycles. The highest BCUT2D eigenvalue weighted by Crippen LogP contribution is 2.32. The van der Waals surface area contributed by atoms with Crippen molar-refractivity contribution in [2.45, 2.75) is 26.2 Å². The number of amides is 3. The number of carbonyl (C=O) groups excluding carboxylic acids is 2. The Morgan fingerprint density at radius 3 is 1.57 bits per heavy atom. The fourth-order valence-corrected chi connectivity index (χ4v) is 2.45. The van der Waals surface area contributed by atoms with E-state index in [1.165, 1.54) is 6.92 Å². The van der Waals surface area contributed by atoms with Crippen LogP contribution in [-0.2, 0) is 10.2 Å². The molecule has 2 aromatic carbocycles. The lowest BCUT2D eigenvalue weighted by Crippen LogP contribution is -2.20. The van der Waals surface area contributed by atoms with Crippen molar-refractivity contribution in [1.29, 1.82) is 0 Å². The molecule has 5 nitrogen and oxygen atoms in total. The largest absolute Gasteiger partial charge is 0.351 e. The Kier molecular flexibility index (Phi) is 4.69. The molecule has 3 amide bonds. The maximum absolute atomic E-state index is 11.1. The molecule has 0 aliphatic carbocycles. The van der Waals surface area contributed by atoms with E-state index in [1.54, 1.807) is 0 Å². The summed E-state index contributed by atoms with van der Waals surface area (Å²) in [7, 11) is 0. The van der Waals surface area contributed by atoms with Gasteiger partial charge in [-0.25, -0.2) is 4.79 Å². The molecule has 120 valence electrons. The fourth-order valence-electron chi connectivity index (χ4n) is 2.45. The summed E-state index contributed by atoms with van der Waals surface area (Å²) in [5, 5.41) is 5.31. The molecule has 2 rings (SSSR count). The molecular weight excluding hydrogens is 290 g/mol. The SMILES string of the molecule is CC(=O)Nc1ccc(C(C)(C)c2ccc(NC(N)=O)cc2)cc1. The van der Waals surface area contributed by atoms with Crippen molar-refractivity contribution in [2.24, 2.45) is 5.73 Å². The summed E-state index contributed by atoms with van der Waals surface area (Å²) in [6.07, 6.45) is 0. The summed E-state index contributed by atoms with van der Waals surface area (Å²) >= 11 is 0. The first-order chi connectivity index (χ1) is 10.8. The number of urea groups is 1. The molecular formula is C18H21N3O2. The predicted octanol–water partition coefficient (Wildman–Crippen LogP) is 3.46. The smallest absolute Gasteiger partial charge is 0.316 e. The molecule has 5 heteroatoms. The fraction of sp³-hybridized carbons (Fsp3) is 0.222. The van der Waals surface area contributed by atoms with Crippen LogP contribution in [0.1, 0.15) is 31.9 Å². The maximum atomic E-state index is 11.1. The molecule has 0 spiro atoms. The summed E-state index contributed by atoms with van der Waals surface area (Å²) in [5.74, 6) is -0.0884. The van der Waals surface area contributed by atoms with E-state index in [0.29, 0.717) is 5.69 Å². The minimum atomic E-state index is -0.578. The topological polar surface area (TPSA) is 84.2 Å². The first kappa shape index (κ1) is 16.5. The summed E-state index contributed by atoms with van der Waals surface area (Å²) < 4.78 is 0. The van der Waals surface area contributed by atoms with Crippen LogP contribution in [0.25, 0.3) is 0 Å². The maximum Gasteiger partial charge on any atom is 0.316 e. The Bertz CT molecular complexity index is 643. The van der Waals surface area contributed by atoms with Crippen molar-refractivity contribution in [3.05, 3.63) is 59.7 Å². The number of rotatable bonds is 4. The van der Waals surface area contributed by atoms with Crippen LogP contribution in [-0.4, -0.2) is 11.9 Å². The quantitative estimate of drug-likeness (QED) is 0.808. The van der Waals surface area contributed by atoms with Crippen LogP contribution in [0.15, 0.2) is 48.5 Å². The number of hydrogen-bond acceptors (Lipinski definition) is 2. The Labute approximate surface area is 135 Å². The number of anilines is 2. The first-order valence-electron chi connectivity index (χ1n) is 7.34. The Morgan fingerprint density at radius 2 is 1.22 bits per heavy atom. The van der Waals surface area contributed by atoms with E-state index in [1.807, 2.05) is 48.5 Å². The van der Waals surface area contributed by atoms with E-state index < -0.39 is 6.03 Å². The van der Waals surface area contributed by atoms with Gasteiger partial charge in [0.25, 0.3) is 0 Å². The second-order valence-electron chi connectivity index (χ2n) is 5.95. The Morgan fingerprint density at radius 1 is 0.826 bits per heavy atom. The molecule has 4 N–H and O–H groups in total. The third-order valence-electron chi connectivity index (χ3n) is 3.80. The van der Waals surface area contributed by atoms with E-state index in [0.717, 1.165) is 16.8 Å². The number of hydrogen-bond donors (Lipinski definition) is 3. The Balaban J connectivity index is 2.23. The molecule has 0 radical (unpaired) electrons. The zero-order chi connectivity index (χ0) is 17.0. The lowest BCUT2D eigenvalue weighted by atomic mass is 9.78. The van der Waals surface area contributed by atoms with Gasteiger partial charge in [0, 0.05) is 23.7 Å². The van der Waals surface area contributed by atoms with E-state index >= 15 is 0 Å². The van der Waals surface area contributed by atoms with Gasteiger partial charge in [-0.15, -0.1) is 0 Å². The van der Waals surface area contributed by atoms with Crippen LogP contribution in [0, 0.1) is 0 Å². The van der Waals surface area contributed by atoms with Gasteiger partial charge in [0.15, 0.2) is 0 Å². The molecule has 0 bridgehead atoms. The summed E-state index contributed by atoms with van der Waals surface area (Å²) in [6, 6.07) is 14.8. The van der Waals surface area contributed by atoms with Crippen LogP contribution in [0.3, 0.4) is 0 Å². The van der Waals surface area contributed by atoms with E-state index in [4.69, 9.17) is 5.73 Å². The highest BCUT2D eigenvalue weighted by molar-refractivity contribution is 5.88. The van der Waals surface area contributed by atoms with Crippen molar-refractivity contribution in [3.63, 3.8) is 0 Å². The highest BCUT2D eigenvalue weighted by atomic mass is 16.2. The van der Waals surface area contributed by atoms with Crippen LogP contribution in [0.4, 0.5) is 16.2 Å². The normalized spacial score (nSPS) is 10.9. The van der Waals surface area contributed by atoms with Gasteiger partial charge in [0.05, 0.1) is 0 Å². The average Bonchev–Trinajstić information content (AvgIpc) is 2.47. The molecule has 0 saturated heterocycles. The van der Waals surface area contributed by atoms with Crippen molar-refractivity contribution in [2.75, 3.05) is 10.6 Å². The standard InChI is InChI=1S/C18H21N3O2/c1-12(22)20-15-8-4-13(5-9-15)18(2,3)14-6-10-16(11-7-14)21-17(19)23/h4-11H,1-3H3,(H,20,22)(H3,19,21,23). The second kappa shape index (κ2) is 6.52. The molecule has 0 aliphatic heterocycles. The van der Waals surface area contributed by atoms with Gasteiger partial charge in [-0.2, -0.15) is 0 Å². The van der Waals surface area contributed by atoms with E-state index in [2.05, 4.69) is 24.5 Å². The van der Waals surface area contributed by atoms with Crippen LogP contribution < -0.4 is 16.4 Å². The number of benzene rings is 2. The van der Waals surface area contributed by atoms with Gasteiger partial charge in [-0.3, -0.25) is 4.79 Å². The van der Waals surface area contributed by atoms with Crippen molar-refractivity contribution in [1.82, 2.24) is 0 Å². The van der Waals surface area contributed by atoms with Crippen molar-refractivity contribution in [3.8, 4) is 0 Å². The monoisotopic (exact) mass is 311 g/mol. The summed E-state index contributed by atoms with van der Waals surface area (Å²) in [5.41, 5.74) is 8.58. The van der Waals surface area contributed by atoms with Gasteiger partial charge < -0.3 is 16.4 Å². The van der Waals surface area contributed by atoms with E-state index in [9.17, 15) is 9.59 Å². The lowest BCUT2D eigenvalue weighted by Gasteiger charge is -2.26. The third kappa shape index (κ3) is 4.10. The zero-order valence-electron chi connectivity index (χ0n) is 13.5. The lowest BCUT2D eigenvalue weighted by molar-refractivity contribution is -0.114. The van der Waals surface area contributed by atoms with E-state index in [-0.39, 0.29) is 11.3 Å². The molecule has 23 heavy (non-hydrogen) atoms. The number of nitrogens with one attached hydrogen (secondary N) is 2. The predicted molar refractivity (Wildman–Crippen MR) is 92.5 cm³/mol. The van der Waals surface area contributed by atoms with Crippen molar-refractivity contribution < 1.29 is 9.59 Å². The number of nitrogens with two attached hydrogens (primary N) is 1. The summed E-state index contributed by atoms with van der Waals surface area (Å²) in [6.45, 7) is 5.73. The first-order valence-corrected chi connectivity index (χ1v) is 7.34. The molecule has 0 unspecified atom stereocenters. The van der Waals surface area contributed by atoms with Gasteiger partial charge >= 0.3 is 6.03 Å². The highest BCUT2D eigenvalue weighted by Gasteiger charge is 2.23. The summed E-state index contributed by atoms with van der Waals surface area (Å²) in [4.78, 5) is 21.9. The minimum absolute atomic E-state index is 0.0884. The van der Waals surface area contributed by atoms with Gasteiger partial charge in [0.1, 0.15) is 0 Å². The number of primary amides is 1. The van der Waals surface area contributed by atoms with Crippen LogP contribution in [0.5, 0.6) is 0 Å². The molecule has 0 atom stereocenters. The molecule has 0 heterocycles. The third-order valence-corrected chi connectivity index (χ3v) is 3.80. The molecule has 0 aliphatic rings. The molecule has 0 fully saturated rings. The minimum Gasteiger partial charge on any atom is -0.351 e. The van der Waals surface area contributed by atoms with Crippen molar-refractivity contribution >= 4 is 23.3 Å². The zero-order valence-corrected chi connectivity index (χ0v) is 13.5.